The Hall–Kier alpha value is -1.22. The van der Waals surface area contributed by atoms with Crippen LogP contribution in [0.15, 0.2) is 42.5 Å². The first kappa shape index (κ1) is 14.2. The Morgan fingerprint density at radius 3 is 2.47 bits per heavy atom. The van der Waals surface area contributed by atoms with E-state index < -0.39 is 5.24 Å². The number of hydrogen-bond acceptors (Lipinski definition) is 2. The summed E-state index contributed by atoms with van der Waals surface area (Å²) in [5.74, 6) is 0. The second-order valence-electron chi connectivity index (χ2n) is 3.94. The highest BCUT2D eigenvalue weighted by Crippen LogP contribution is 2.29. The lowest BCUT2D eigenvalue weighted by molar-refractivity contribution is -0.111. The lowest BCUT2D eigenvalue weighted by atomic mass is 10.1. The maximum Gasteiger partial charge on any atom is 0.226 e. The SMILES string of the molecule is O=C(Cl)Cc1ccccc1Nc1ccc(Cl)cc1Cl. The number of para-hydroxylation sites is 1. The highest BCUT2D eigenvalue weighted by atomic mass is 35.5. The Bertz CT molecular complexity index is 613. The summed E-state index contributed by atoms with van der Waals surface area (Å²) in [7, 11) is 0. The average Bonchev–Trinajstić information content (AvgIpc) is 2.34. The number of carbonyl (C=O) groups excluding carboxylic acids is 1. The normalized spacial score (nSPS) is 10.3. The third-order valence-corrected chi connectivity index (χ3v) is 3.23. The second-order valence-corrected chi connectivity index (χ2v) is 5.20. The molecule has 2 aromatic carbocycles. The van der Waals surface area contributed by atoms with E-state index in [0.29, 0.717) is 10.0 Å². The predicted molar refractivity (Wildman–Crippen MR) is 80.8 cm³/mol. The van der Waals surface area contributed by atoms with Crippen molar-refractivity contribution in [2.45, 2.75) is 6.42 Å². The molecule has 0 unspecified atom stereocenters. The van der Waals surface area contributed by atoms with Crippen molar-refractivity contribution in [2.24, 2.45) is 0 Å². The highest BCUT2D eigenvalue weighted by Gasteiger charge is 2.07. The van der Waals surface area contributed by atoms with Crippen molar-refractivity contribution >= 4 is 51.4 Å². The molecule has 2 nitrogen and oxygen atoms in total. The van der Waals surface area contributed by atoms with Gasteiger partial charge in [-0.25, -0.2) is 0 Å². The molecule has 0 radical (unpaired) electrons. The molecule has 0 atom stereocenters. The van der Waals surface area contributed by atoms with E-state index in [1.54, 1.807) is 18.2 Å². The molecule has 0 heterocycles. The van der Waals surface area contributed by atoms with Gasteiger partial charge in [0.05, 0.1) is 10.7 Å². The highest BCUT2D eigenvalue weighted by molar-refractivity contribution is 6.63. The van der Waals surface area contributed by atoms with Crippen LogP contribution in [0.25, 0.3) is 0 Å². The van der Waals surface area contributed by atoms with Crippen molar-refractivity contribution in [3.8, 4) is 0 Å². The van der Waals surface area contributed by atoms with Crippen LogP contribution in [0.2, 0.25) is 10.0 Å². The minimum atomic E-state index is -0.406. The van der Waals surface area contributed by atoms with Crippen LogP contribution < -0.4 is 5.32 Å². The summed E-state index contributed by atoms with van der Waals surface area (Å²) in [4.78, 5) is 11.0. The number of nitrogens with one attached hydrogen (secondary N) is 1. The molecular formula is C14H10Cl3NO. The molecule has 0 amide bonds. The zero-order valence-corrected chi connectivity index (χ0v) is 12.1. The minimum absolute atomic E-state index is 0.163. The lowest BCUT2D eigenvalue weighted by Crippen LogP contribution is -2.00. The van der Waals surface area contributed by atoms with Crippen LogP contribution in [0, 0.1) is 0 Å². The first-order chi connectivity index (χ1) is 9.06. The maximum absolute atomic E-state index is 11.0. The minimum Gasteiger partial charge on any atom is -0.354 e. The van der Waals surface area contributed by atoms with Crippen molar-refractivity contribution in [3.63, 3.8) is 0 Å². The van der Waals surface area contributed by atoms with Gasteiger partial charge in [0.25, 0.3) is 0 Å². The number of carbonyl (C=O) groups is 1. The number of anilines is 2. The molecule has 0 aliphatic heterocycles. The summed E-state index contributed by atoms with van der Waals surface area (Å²) < 4.78 is 0. The van der Waals surface area contributed by atoms with Gasteiger partial charge in [-0.1, -0.05) is 41.4 Å². The van der Waals surface area contributed by atoms with Crippen LogP contribution in [0.1, 0.15) is 5.56 Å². The monoisotopic (exact) mass is 313 g/mol. The Labute approximate surface area is 126 Å². The third-order valence-electron chi connectivity index (χ3n) is 2.55. The van der Waals surface area contributed by atoms with Crippen LogP contribution in [-0.2, 0) is 11.2 Å². The van der Waals surface area contributed by atoms with E-state index >= 15 is 0 Å². The fraction of sp³-hybridized carbons (Fsp3) is 0.0714. The van der Waals surface area contributed by atoms with E-state index in [1.807, 2.05) is 24.3 Å². The molecule has 19 heavy (non-hydrogen) atoms. The van der Waals surface area contributed by atoms with Crippen LogP contribution in [0.5, 0.6) is 0 Å². The van der Waals surface area contributed by atoms with E-state index in [4.69, 9.17) is 34.8 Å². The Morgan fingerprint density at radius 2 is 1.79 bits per heavy atom. The summed E-state index contributed by atoms with van der Waals surface area (Å²) in [6.45, 7) is 0. The fourth-order valence-corrected chi connectivity index (χ4v) is 2.28. The van der Waals surface area contributed by atoms with E-state index in [2.05, 4.69) is 5.32 Å². The van der Waals surface area contributed by atoms with Gasteiger partial charge in [-0.3, -0.25) is 4.79 Å². The molecular weight excluding hydrogens is 305 g/mol. The molecule has 0 fully saturated rings. The summed E-state index contributed by atoms with van der Waals surface area (Å²) in [6.07, 6.45) is 0.163. The van der Waals surface area contributed by atoms with Crippen molar-refractivity contribution in [3.05, 3.63) is 58.1 Å². The number of rotatable bonds is 4. The molecule has 1 N–H and O–H groups in total. The summed E-state index contributed by atoms with van der Waals surface area (Å²) in [5, 5.41) is 3.85. The number of hydrogen-bond donors (Lipinski definition) is 1. The van der Waals surface area contributed by atoms with Gasteiger partial charge in [-0.15, -0.1) is 0 Å². The van der Waals surface area contributed by atoms with Gasteiger partial charge in [0.1, 0.15) is 0 Å². The van der Waals surface area contributed by atoms with Crippen LogP contribution in [0.4, 0.5) is 11.4 Å². The number of halogens is 3. The molecule has 2 aromatic rings. The first-order valence-corrected chi connectivity index (χ1v) is 6.68. The molecule has 0 aliphatic rings. The van der Waals surface area contributed by atoms with E-state index in [1.165, 1.54) is 0 Å². The van der Waals surface area contributed by atoms with E-state index in [-0.39, 0.29) is 6.42 Å². The van der Waals surface area contributed by atoms with Gasteiger partial charge in [0.2, 0.25) is 5.24 Å². The molecule has 0 aromatic heterocycles. The van der Waals surface area contributed by atoms with Crippen molar-refractivity contribution < 1.29 is 4.79 Å². The lowest BCUT2D eigenvalue weighted by Gasteiger charge is -2.12. The third kappa shape index (κ3) is 3.87. The molecule has 98 valence electrons. The van der Waals surface area contributed by atoms with Gasteiger partial charge >= 0.3 is 0 Å². The maximum atomic E-state index is 11.0. The Kier molecular flexibility index (Phi) is 4.70. The van der Waals surface area contributed by atoms with Crippen molar-refractivity contribution in [2.75, 3.05) is 5.32 Å². The molecule has 0 saturated carbocycles. The van der Waals surface area contributed by atoms with Crippen LogP contribution in [-0.4, -0.2) is 5.24 Å². The zero-order chi connectivity index (χ0) is 13.8. The van der Waals surface area contributed by atoms with Gasteiger partial charge in [0.15, 0.2) is 0 Å². The fourth-order valence-electron chi connectivity index (χ4n) is 1.68. The summed E-state index contributed by atoms with van der Waals surface area (Å²) in [5.41, 5.74) is 2.33. The Balaban J connectivity index is 2.30. The van der Waals surface area contributed by atoms with E-state index in [0.717, 1.165) is 16.9 Å². The smallest absolute Gasteiger partial charge is 0.226 e. The Morgan fingerprint density at radius 1 is 1.05 bits per heavy atom. The van der Waals surface area contributed by atoms with E-state index in [9.17, 15) is 4.79 Å². The topological polar surface area (TPSA) is 29.1 Å². The first-order valence-electron chi connectivity index (χ1n) is 5.54. The summed E-state index contributed by atoms with van der Waals surface area (Å²) >= 11 is 17.4. The standard InChI is InChI=1S/C14H10Cl3NO/c15-10-5-6-13(11(16)8-10)18-12-4-2-1-3-9(12)7-14(17)19/h1-6,8,18H,7H2. The van der Waals surface area contributed by atoms with Gasteiger partial charge < -0.3 is 5.32 Å². The van der Waals surface area contributed by atoms with Gasteiger partial charge in [-0.05, 0) is 41.4 Å². The molecule has 5 heteroatoms. The van der Waals surface area contributed by atoms with Crippen molar-refractivity contribution in [1.82, 2.24) is 0 Å². The summed E-state index contributed by atoms with van der Waals surface area (Å²) in [6, 6.07) is 12.6. The largest absolute Gasteiger partial charge is 0.354 e. The number of benzene rings is 2. The van der Waals surface area contributed by atoms with Crippen LogP contribution >= 0.6 is 34.8 Å². The molecule has 2 rings (SSSR count). The van der Waals surface area contributed by atoms with Gasteiger partial charge in [0, 0.05) is 17.1 Å². The average molecular weight is 315 g/mol. The second kappa shape index (κ2) is 6.29. The van der Waals surface area contributed by atoms with Gasteiger partial charge in [-0.2, -0.15) is 0 Å². The van der Waals surface area contributed by atoms with Crippen molar-refractivity contribution in [1.29, 1.82) is 0 Å². The molecule has 0 saturated heterocycles. The quantitative estimate of drug-likeness (QED) is 0.801. The predicted octanol–water partition coefficient (Wildman–Crippen LogP) is 5.04. The zero-order valence-electron chi connectivity index (χ0n) is 9.79. The molecule has 0 aliphatic carbocycles. The van der Waals surface area contributed by atoms with Crippen LogP contribution in [0.3, 0.4) is 0 Å². The molecule has 0 bridgehead atoms. The molecule has 0 spiro atoms.